The molecular weight excluding hydrogens is 242 g/mol. The van der Waals surface area contributed by atoms with E-state index in [1.165, 1.54) is 0 Å². The number of benzene rings is 1. The van der Waals surface area contributed by atoms with Crippen molar-refractivity contribution < 1.29 is 14.7 Å². The van der Waals surface area contributed by atoms with Crippen LogP contribution in [0.5, 0.6) is 0 Å². The number of rotatable bonds is 8. The molecule has 0 aliphatic heterocycles. The van der Waals surface area contributed by atoms with Crippen molar-refractivity contribution >= 4 is 11.9 Å². The average molecular weight is 263 g/mol. The summed E-state index contributed by atoms with van der Waals surface area (Å²) in [5.41, 5.74) is 1.16. The minimum absolute atomic E-state index is 0.0201. The third-order valence-corrected chi connectivity index (χ3v) is 3.00. The smallest absolute Gasteiger partial charge is 0.303 e. The Morgan fingerprint density at radius 1 is 1.21 bits per heavy atom. The van der Waals surface area contributed by atoms with Gasteiger partial charge in [0.1, 0.15) is 0 Å². The molecule has 104 valence electrons. The fraction of sp³-hybridized carbons (Fsp3) is 0.467. The number of carbonyl (C=O) groups excluding carboxylic acids is 1. The van der Waals surface area contributed by atoms with Gasteiger partial charge in [-0.25, -0.2) is 0 Å². The van der Waals surface area contributed by atoms with Gasteiger partial charge in [-0.3, -0.25) is 9.59 Å². The molecule has 1 aromatic carbocycles. The zero-order chi connectivity index (χ0) is 14.1. The molecule has 0 spiro atoms. The second-order valence-corrected chi connectivity index (χ2v) is 4.72. The van der Waals surface area contributed by atoms with Gasteiger partial charge >= 0.3 is 5.97 Å². The highest BCUT2D eigenvalue weighted by Gasteiger charge is 2.10. The normalized spacial score (nSPS) is 11.8. The van der Waals surface area contributed by atoms with Crippen molar-refractivity contribution in [1.82, 2.24) is 5.32 Å². The molecule has 0 fully saturated rings. The van der Waals surface area contributed by atoms with E-state index in [-0.39, 0.29) is 18.2 Å². The molecule has 0 saturated heterocycles. The van der Waals surface area contributed by atoms with Crippen molar-refractivity contribution in [3.05, 3.63) is 35.9 Å². The molecule has 19 heavy (non-hydrogen) atoms. The van der Waals surface area contributed by atoms with E-state index in [1.807, 2.05) is 37.3 Å². The van der Waals surface area contributed by atoms with Crippen LogP contribution in [0.15, 0.2) is 30.3 Å². The first-order chi connectivity index (χ1) is 9.09. The summed E-state index contributed by atoms with van der Waals surface area (Å²) in [7, 11) is 0. The van der Waals surface area contributed by atoms with Crippen LogP contribution in [0.25, 0.3) is 0 Å². The summed E-state index contributed by atoms with van der Waals surface area (Å²) in [6, 6.07) is 9.93. The molecule has 4 nitrogen and oxygen atoms in total. The van der Waals surface area contributed by atoms with Crippen molar-refractivity contribution in [2.45, 2.75) is 38.5 Å². The summed E-state index contributed by atoms with van der Waals surface area (Å²) in [6.45, 7) is 2.58. The van der Waals surface area contributed by atoms with Crippen LogP contribution < -0.4 is 5.32 Å². The van der Waals surface area contributed by atoms with Gasteiger partial charge in [0.05, 0.1) is 0 Å². The molecule has 0 radical (unpaired) electrons. The Morgan fingerprint density at radius 3 is 2.53 bits per heavy atom. The SMILES string of the molecule is CC(CC(=O)NCCCCC(=O)O)c1ccccc1. The molecule has 0 aromatic heterocycles. The van der Waals surface area contributed by atoms with Gasteiger partial charge in [-0.2, -0.15) is 0 Å². The summed E-state index contributed by atoms with van der Waals surface area (Å²) in [5.74, 6) is -0.573. The van der Waals surface area contributed by atoms with Crippen LogP contribution in [0.4, 0.5) is 0 Å². The summed E-state index contributed by atoms with van der Waals surface area (Å²) >= 11 is 0. The third-order valence-electron chi connectivity index (χ3n) is 3.00. The Balaban J connectivity index is 2.19. The number of aliphatic carboxylic acids is 1. The average Bonchev–Trinajstić information content (AvgIpc) is 2.39. The molecular formula is C15H21NO3. The van der Waals surface area contributed by atoms with Crippen LogP contribution in [-0.2, 0) is 9.59 Å². The number of unbranched alkanes of at least 4 members (excludes halogenated alkanes) is 1. The number of carbonyl (C=O) groups is 2. The first-order valence-corrected chi connectivity index (χ1v) is 6.63. The number of hydrogen-bond acceptors (Lipinski definition) is 2. The predicted octanol–water partition coefficient (Wildman–Crippen LogP) is 2.55. The van der Waals surface area contributed by atoms with Gasteiger partial charge in [-0.1, -0.05) is 37.3 Å². The number of hydrogen-bond donors (Lipinski definition) is 2. The zero-order valence-electron chi connectivity index (χ0n) is 11.3. The summed E-state index contributed by atoms with van der Waals surface area (Å²) in [6.07, 6.45) is 1.93. The van der Waals surface area contributed by atoms with E-state index in [2.05, 4.69) is 5.32 Å². The molecule has 4 heteroatoms. The first kappa shape index (κ1) is 15.2. The van der Waals surface area contributed by atoms with Crippen molar-refractivity contribution in [2.24, 2.45) is 0 Å². The molecule has 1 aromatic rings. The summed E-state index contributed by atoms with van der Waals surface area (Å²) in [5, 5.41) is 11.3. The molecule has 1 rings (SSSR count). The van der Waals surface area contributed by atoms with E-state index in [0.29, 0.717) is 25.8 Å². The fourth-order valence-corrected chi connectivity index (χ4v) is 1.88. The van der Waals surface area contributed by atoms with Crippen molar-refractivity contribution in [3.8, 4) is 0 Å². The lowest BCUT2D eigenvalue weighted by Crippen LogP contribution is -2.25. The molecule has 1 atom stereocenters. The Bertz CT molecular complexity index is 403. The summed E-state index contributed by atoms with van der Waals surface area (Å²) in [4.78, 5) is 22.0. The number of carboxylic acids is 1. The van der Waals surface area contributed by atoms with Crippen LogP contribution in [0.1, 0.15) is 44.1 Å². The minimum Gasteiger partial charge on any atom is -0.481 e. The predicted molar refractivity (Wildman–Crippen MR) is 74.0 cm³/mol. The second-order valence-electron chi connectivity index (χ2n) is 4.72. The monoisotopic (exact) mass is 263 g/mol. The van der Waals surface area contributed by atoms with Crippen LogP contribution >= 0.6 is 0 Å². The molecule has 2 N–H and O–H groups in total. The Kier molecular flexibility index (Phi) is 6.64. The van der Waals surface area contributed by atoms with Gasteiger partial charge in [-0.15, -0.1) is 0 Å². The Morgan fingerprint density at radius 2 is 1.89 bits per heavy atom. The topological polar surface area (TPSA) is 66.4 Å². The number of nitrogens with one attached hydrogen (secondary N) is 1. The number of amides is 1. The van der Waals surface area contributed by atoms with Crippen LogP contribution in [0.2, 0.25) is 0 Å². The van der Waals surface area contributed by atoms with Gasteiger partial charge < -0.3 is 10.4 Å². The molecule has 0 bridgehead atoms. The molecule has 0 aliphatic carbocycles. The first-order valence-electron chi connectivity index (χ1n) is 6.63. The van der Waals surface area contributed by atoms with Gasteiger partial charge in [0.15, 0.2) is 0 Å². The van der Waals surface area contributed by atoms with E-state index in [0.717, 1.165) is 5.56 Å². The highest BCUT2D eigenvalue weighted by Crippen LogP contribution is 2.17. The van der Waals surface area contributed by atoms with Gasteiger partial charge in [0, 0.05) is 19.4 Å². The number of carboxylic acid groups (broad SMARTS) is 1. The lowest BCUT2D eigenvalue weighted by molar-refractivity contribution is -0.137. The lowest BCUT2D eigenvalue weighted by atomic mass is 9.97. The zero-order valence-corrected chi connectivity index (χ0v) is 11.3. The largest absolute Gasteiger partial charge is 0.481 e. The molecule has 1 amide bonds. The fourth-order valence-electron chi connectivity index (χ4n) is 1.88. The Labute approximate surface area is 113 Å². The van der Waals surface area contributed by atoms with Crippen LogP contribution in [-0.4, -0.2) is 23.5 Å². The minimum atomic E-state index is -0.788. The standard InChI is InChI=1S/C15H21NO3/c1-12(13-7-3-2-4-8-13)11-14(17)16-10-6-5-9-15(18)19/h2-4,7-8,12H,5-6,9-11H2,1H3,(H,16,17)(H,18,19). The van der Waals surface area contributed by atoms with Crippen LogP contribution in [0.3, 0.4) is 0 Å². The van der Waals surface area contributed by atoms with E-state index >= 15 is 0 Å². The maximum Gasteiger partial charge on any atom is 0.303 e. The summed E-state index contributed by atoms with van der Waals surface area (Å²) < 4.78 is 0. The second kappa shape index (κ2) is 8.29. The van der Waals surface area contributed by atoms with Crippen molar-refractivity contribution in [1.29, 1.82) is 0 Å². The van der Waals surface area contributed by atoms with Crippen molar-refractivity contribution in [2.75, 3.05) is 6.54 Å². The van der Waals surface area contributed by atoms with Gasteiger partial charge in [-0.05, 0) is 24.3 Å². The van der Waals surface area contributed by atoms with Crippen LogP contribution in [0, 0.1) is 0 Å². The van der Waals surface area contributed by atoms with Crippen molar-refractivity contribution in [3.63, 3.8) is 0 Å². The molecule has 0 saturated carbocycles. The highest BCUT2D eigenvalue weighted by atomic mass is 16.4. The quantitative estimate of drug-likeness (QED) is 0.708. The molecule has 0 aliphatic rings. The highest BCUT2D eigenvalue weighted by molar-refractivity contribution is 5.76. The van der Waals surface area contributed by atoms with E-state index < -0.39 is 5.97 Å². The van der Waals surface area contributed by atoms with Gasteiger partial charge in [0.2, 0.25) is 5.91 Å². The third kappa shape index (κ3) is 6.60. The van der Waals surface area contributed by atoms with E-state index in [9.17, 15) is 9.59 Å². The maximum absolute atomic E-state index is 11.7. The molecule has 1 unspecified atom stereocenters. The van der Waals surface area contributed by atoms with E-state index in [1.54, 1.807) is 0 Å². The molecule has 0 heterocycles. The Hall–Kier alpha value is -1.84. The van der Waals surface area contributed by atoms with E-state index in [4.69, 9.17) is 5.11 Å². The maximum atomic E-state index is 11.7. The van der Waals surface area contributed by atoms with Gasteiger partial charge in [0.25, 0.3) is 0 Å². The lowest BCUT2D eigenvalue weighted by Gasteiger charge is -2.11.